The zero-order valence-corrected chi connectivity index (χ0v) is 11.8. The highest BCUT2D eigenvalue weighted by atomic mass is 16.4. The number of hydrogen-bond donors (Lipinski definition) is 2. The maximum atomic E-state index is 11.8. The summed E-state index contributed by atoms with van der Waals surface area (Å²) in [6, 6.07) is 6.95. The number of aliphatic carboxylic acids is 1. The first-order valence-corrected chi connectivity index (χ1v) is 6.38. The molecule has 0 atom stereocenters. The molecule has 7 nitrogen and oxygen atoms in total. The number of carboxylic acid groups (broad SMARTS) is 1. The number of amides is 1. The van der Waals surface area contributed by atoms with Crippen molar-refractivity contribution in [3.05, 3.63) is 36.7 Å². The number of nitrogens with zero attached hydrogens (tertiary/aromatic N) is 3. The predicted octanol–water partition coefficient (Wildman–Crippen LogP) is 1.71. The van der Waals surface area contributed by atoms with Gasteiger partial charge in [0.25, 0.3) is 0 Å². The number of carbonyl (C=O) groups excluding carboxylic acids is 1. The molecule has 2 N–H and O–H groups in total. The molecule has 1 heterocycles. The molecule has 1 aromatic heterocycles. The normalized spacial score (nSPS) is 11.1. The van der Waals surface area contributed by atoms with E-state index in [1.54, 1.807) is 36.7 Å². The molecule has 1 amide bonds. The average Bonchev–Trinajstić information content (AvgIpc) is 2.92. The zero-order chi connectivity index (χ0) is 15.5. The van der Waals surface area contributed by atoms with Crippen molar-refractivity contribution < 1.29 is 14.7 Å². The van der Waals surface area contributed by atoms with E-state index in [4.69, 9.17) is 5.11 Å². The smallest absolute Gasteiger partial charge is 0.309 e. The molecule has 1 aromatic carbocycles. The van der Waals surface area contributed by atoms with Crippen LogP contribution in [0.1, 0.15) is 20.3 Å². The molecule has 21 heavy (non-hydrogen) atoms. The van der Waals surface area contributed by atoms with Crippen molar-refractivity contribution in [1.29, 1.82) is 0 Å². The van der Waals surface area contributed by atoms with Crippen molar-refractivity contribution in [3.8, 4) is 5.69 Å². The molecule has 110 valence electrons. The summed E-state index contributed by atoms with van der Waals surface area (Å²) in [5, 5.41) is 19.7. The lowest BCUT2D eigenvalue weighted by Crippen LogP contribution is -2.29. The van der Waals surface area contributed by atoms with Gasteiger partial charge in [-0.1, -0.05) is 0 Å². The third-order valence-corrected chi connectivity index (χ3v) is 2.98. The van der Waals surface area contributed by atoms with Gasteiger partial charge in [-0.2, -0.15) is 15.0 Å². The van der Waals surface area contributed by atoms with E-state index in [1.165, 1.54) is 18.6 Å². The fourth-order valence-electron chi connectivity index (χ4n) is 1.71. The molecule has 2 rings (SSSR count). The average molecular weight is 288 g/mol. The van der Waals surface area contributed by atoms with Gasteiger partial charge in [0.15, 0.2) is 0 Å². The lowest BCUT2D eigenvalue weighted by atomic mass is 9.89. The van der Waals surface area contributed by atoms with Gasteiger partial charge in [0.05, 0.1) is 23.5 Å². The van der Waals surface area contributed by atoms with Crippen LogP contribution in [0.25, 0.3) is 5.69 Å². The second kappa shape index (κ2) is 5.74. The van der Waals surface area contributed by atoms with Crippen LogP contribution in [0.5, 0.6) is 0 Å². The molecular weight excluding hydrogens is 272 g/mol. The number of hydrogen-bond acceptors (Lipinski definition) is 4. The molecule has 0 saturated carbocycles. The minimum Gasteiger partial charge on any atom is -0.481 e. The van der Waals surface area contributed by atoms with Crippen molar-refractivity contribution in [2.45, 2.75) is 20.3 Å². The Morgan fingerprint density at radius 3 is 2.29 bits per heavy atom. The first kappa shape index (κ1) is 14.7. The summed E-state index contributed by atoms with van der Waals surface area (Å²) in [5.74, 6) is -1.34. The molecule has 2 aromatic rings. The minimum atomic E-state index is -1.09. The summed E-state index contributed by atoms with van der Waals surface area (Å²) in [4.78, 5) is 24.3. The van der Waals surface area contributed by atoms with E-state index >= 15 is 0 Å². The van der Waals surface area contributed by atoms with E-state index in [2.05, 4.69) is 15.5 Å². The number of carboxylic acids is 1. The Balaban J connectivity index is 2.01. The van der Waals surface area contributed by atoms with Crippen LogP contribution in [0.2, 0.25) is 0 Å². The third kappa shape index (κ3) is 3.65. The van der Waals surface area contributed by atoms with Crippen LogP contribution in [0.3, 0.4) is 0 Å². The van der Waals surface area contributed by atoms with Crippen LogP contribution in [0.15, 0.2) is 36.7 Å². The molecule has 0 aliphatic heterocycles. The summed E-state index contributed by atoms with van der Waals surface area (Å²) < 4.78 is 0. The molecule has 7 heteroatoms. The van der Waals surface area contributed by atoms with E-state index in [9.17, 15) is 9.59 Å². The summed E-state index contributed by atoms with van der Waals surface area (Å²) in [7, 11) is 0. The molecule has 0 radical (unpaired) electrons. The fraction of sp³-hybridized carbons (Fsp3) is 0.286. The largest absolute Gasteiger partial charge is 0.481 e. The topological polar surface area (TPSA) is 97.1 Å². The van der Waals surface area contributed by atoms with Gasteiger partial charge in [-0.3, -0.25) is 9.59 Å². The second-order valence-corrected chi connectivity index (χ2v) is 5.28. The summed E-state index contributed by atoms with van der Waals surface area (Å²) >= 11 is 0. The van der Waals surface area contributed by atoms with Crippen molar-refractivity contribution >= 4 is 17.6 Å². The lowest BCUT2D eigenvalue weighted by Gasteiger charge is -2.18. The molecule has 0 unspecified atom stereocenters. The van der Waals surface area contributed by atoms with Gasteiger partial charge in [0, 0.05) is 12.1 Å². The zero-order valence-electron chi connectivity index (χ0n) is 11.8. The number of benzene rings is 1. The number of rotatable bonds is 5. The summed E-state index contributed by atoms with van der Waals surface area (Å²) in [6.07, 6.45) is 3.05. The number of anilines is 1. The maximum absolute atomic E-state index is 11.8. The monoisotopic (exact) mass is 288 g/mol. The van der Waals surface area contributed by atoms with Crippen LogP contribution in [0, 0.1) is 5.41 Å². The second-order valence-electron chi connectivity index (χ2n) is 5.28. The van der Waals surface area contributed by atoms with Crippen molar-refractivity contribution in [1.82, 2.24) is 15.0 Å². The highest BCUT2D eigenvalue weighted by molar-refractivity contribution is 5.94. The SMILES string of the molecule is CC(C)(CC(=O)Nc1ccc(-n2nccn2)cc1)C(=O)O. The summed E-state index contributed by atoms with van der Waals surface area (Å²) in [5.41, 5.74) is 0.268. The highest BCUT2D eigenvalue weighted by Crippen LogP contribution is 2.21. The highest BCUT2D eigenvalue weighted by Gasteiger charge is 2.30. The standard InChI is InChI=1S/C14H16N4O3/c1-14(2,13(20)21)9-12(19)17-10-3-5-11(6-4-10)18-15-7-8-16-18/h3-8H,9H2,1-2H3,(H,17,19)(H,20,21). The number of carbonyl (C=O) groups is 2. The van der Waals surface area contributed by atoms with Crippen LogP contribution in [-0.4, -0.2) is 32.0 Å². The van der Waals surface area contributed by atoms with Crippen LogP contribution in [0.4, 0.5) is 5.69 Å². The molecule has 0 fully saturated rings. The van der Waals surface area contributed by atoms with Crippen LogP contribution >= 0.6 is 0 Å². The Labute approximate surface area is 121 Å². The lowest BCUT2D eigenvalue weighted by molar-refractivity contribution is -0.148. The van der Waals surface area contributed by atoms with Gasteiger partial charge < -0.3 is 10.4 Å². The van der Waals surface area contributed by atoms with Crippen LogP contribution < -0.4 is 5.32 Å². The Morgan fingerprint density at radius 1 is 1.19 bits per heavy atom. The van der Waals surface area contributed by atoms with Gasteiger partial charge in [0.2, 0.25) is 5.91 Å². The van der Waals surface area contributed by atoms with Crippen LogP contribution in [-0.2, 0) is 9.59 Å². The first-order chi connectivity index (χ1) is 9.88. The van der Waals surface area contributed by atoms with E-state index in [0.717, 1.165) is 5.69 Å². The number of nitrogens with one attached hydrogen (secondary N) is 1. The fourth-order valence-corrected chi connectivity index (χ4v) is 1.71. The minimum absolute atomic E-state index is 0.0925. The molecule has 0 bridgehead atoms. The Bertz CT molecular complexity index is 633. The first-order valence-electron chi connectivity index (χ1n) is 6.38. The summed E-state index contributed by atoms with van der Waals surface area (Å²) in [6.45, 7) is 3.03. The third-order valence-electron chi connectivity index (χ3n) is 2.98. The molecule has 0 spiro atoms. The van der Waals surface area contributed by atoms with E-state index in [-0.39, 0.29) is 12.3 Å². The maximum Gasteiger partial charge on any atom is 0.309 e. The molecular formula is C14H16N4O3. The van der Waals surface area contributed by atoms with Crippen molar-refractivity contribution in [2.75, 3.05) is 5.32 Å². The van der Waals surface area contributed by atoms with Crippen molar-refractivity contribution in [2.24, 2.45) is 5.41 Å². The molecule has 0 saturated heterocycles. The Kier molecular flexibility index (Phi) is 4.02. The van der Waals surface area contributed by atoms with Gasteiger partial charge in [-0.25, -0.2) is 0 Å². The Hall–Kier alpha value is -2.70. The quantitative estimate of drug-likeness (QED) is 0.872. The van der Waals surface area contributed by atoms with Gasteiger partial charge in [-0.15, -0.1) is 0 Å². The van der Waals surface area contributed by atoms with Gasteiger partial charge in [-0.05, 0) is 38.1 Å². The molecule has 0 aliphatic carbocycles. The van der Waals surface area contributed by atoms with E-state index in [1.807, 2.05) is 0 Å². The molecule has 0 aliphatic rings. The van der Waals surface area contributed by atoms with Crippen molar-refractivity contribution in [3.63, 3.8) is 0 Å². The van der Waals surface area contributed by atoms with Gasteiger partial charge in [0.1, 0.15) is 0 Å². The predicted molar refractivity (Wildman–Crippen MR) is 76.0 cm³/mol. The van der Waals surface area contributed by atoms with E-state index < -0.39 is 11.4 Å². The Morgan fingerprint density at radius 2 is 1.76 bits per heavy atom. The van der Waals surface area contributed by atoms with Gasteiger partial charge >= 0.3 is 5.97 Å². The van der Waals surface area contributed by atoms with E-state index in [0.29, 0.717) is 5.69 Å². The number of aromatic nitrogens is 3.